The Morgan fingerprint density at radius 3 is 2.42 bits per heavy atom. The normalized spacial score (nSPS) is 30.2. The summed E-state index contributed by atoms with van der Waals surface area (Å²) in [7, 11) is 0. The molecule has 1 aromatic heterocycles. The van der Waals surface area contributed by atoms with Gasteiger partial charge in [0.1, 0.15) is 5.75 Å². The van der Waals surface area contributed by atoms with Crippen LogP contribution in [-0.4, -0.2) is 27.7 Å². The zero-order valence-electron chi connectivity index (χ0n) is 17.7. The molecule has 2 aromatic carbocycles. The Bertz CT molecular complexity index is 1220. The SMILES string of the molecule is O=C(Nc1c[nH]c2ccc(O[C@H]3C[C@@H](c4ccc(C(F)(F)F)cc4)C3)cc12)C12CC(O)(C1)C2. The lowest BCUT2D eigenvalue weighted by Crippen LogP contribution is -2.71. The van der Waals surface area contributed by atoms with Crippen molar-refractivity contribution < 1.29 is 27.8 Å². The lowest BCUT2D eigenvalue weighted by atomic mass is 9.41. The van der Waals surface area contributed by atoms with Crippen molar-refractivity contribution in [2.45, 2.75) is 55.9 Å². The molecule has 0 spiro atoms. The lowest BCUT2D eigenvalue weighted by molar-refractivity contribution is -0.247. The van der Waals surface area contributed by atoms with E-state index in [2.05, 4.69) is 10.3 Å². The molecule has 1 heterocycles. The highest BCUT2D eigenvalue weighted by molar-refractivity contribution is 6.05. The summed E-state index contributed by atoms with van der Waals surface area (Å²) >= 11 is 0. The van der Waals surface area contributed by atoms with Crippen molar-refractivity contribution in [2.75, 3.05) is 5.32 Å². The number of nitrogens with one attached hydrogen (secondary N) is 2. The predicted molar refractivity (Wildman–Crippen MR) is 116 cm³/mol. The molecule has 1 amide bonds. The fraction of sp³-hybridized carbons (Fsp3) is 0.400. The number of carbonyl (C=O) groups is 1. The molecule has 3 N–H and O–H groups in total. The molecule has 3 aromatic rings. The van der Waals surface area contributed by atoms with Gasteiger partial charge < -0.3 is 20.1 Å². The Hall–Kier alpha value is -3.00. The van der Waals surface area contributed by atoms with Gasteiger partial charge in [0.25, 0.3) is 0 Å². The first-order valence-electron chi connectivity index (χ1n) is 11.1. The minimum absolute atomic E-state index is 0.00626. The van der Waals surface area contributed by atoms with Gasteiger partial charge in [-0.05, 0) is 73.9 Å². The van der Waals surface area contributed by atoms with Gasteiger partial charge in [-0.1, -0.05) is 12.1 Å². The molecule has 5 nitrogen and oxygen atoms in total. The van der Waals surface area contributed by atoms with E-state index in [1.54, 1.807) is 18.3 Å². The minimum Gasteiger partial charge on any atom is -0.490 e. The average Bonchev–Trinajstić information content (AvgIpc) is 3.08. The van der Waals surface area contributed by atoms with Crippen molar-refractivity contribution >= 4 is 22.5 Å². The summed E-state index contributed by atoms with van der Waals surface area (Å²) in [5.41, 5.74) is 0.780. The Balaban J connectivity index is 1.09. The molecule has 4 saturated carbocycles. The zero-order chi connectivity index (χ0) is 23.0. The zero-order valence-corrected chi connectivity index (χ0v) is 17.7. The highest BCUT2D eigenvalue weighted by atomic mass is 19.4. The number of alkyl halides is 3. The monoisotopic (exact) mass is 456 g/mol. The smallest absolute Gasteiger partial charge is 0.416 e. The third kappa shape index (κ3) is 3.39. The maximum atomic E-state index is 12.7. The molecule has 0 atom stereocenters. The van der Waals surface area contributed by atoms with Crippen LogP contribution in [0.5, 0.6) is 5.75 Å². The van der Waals surface area contributed by atoms with Crippen molar-refractivity contribution in [3.8, 4) is 5.75 Å². The Morgan fingerprint density at radius 1 is 1.09 bits per heavy atom. The number of aliphatic hydroxyl groups is 1. The van der Waals surface area contributed by atoms with Crippen LogP contribution in [0.3, 0.4) is 0 Å². The number of ether oxygens (including phenoxy) is 1. The molecule has 8 heteroatoms. The summed E-state index contributed by atoms with van der Waals surface area (Å²) in [6, 6.07) is 11.0. The summed E-state index contributed by atoms with van der Waals surface area (Å²) in [4.78, 5) is 15.8. The van der Waals surface area contributed by atoms with E-state index in [4.69, 9.17) is 4.74 Å². The number of amides is 1. The van der Waals surface area contributed by atoms with Gasteiger partial charge in [0, 0.05) is 17.1 Å². The van der Waals surface area contributed by atoms with E-state index < -0.39 is 22.8 Å². The van der Waals surface area contributed by atoms with Crippen LogP contribution in [0.1, 0.15) is 49.1 Å². The average molecular weight is 456 g/mol. The number of aromatic nitrogens is 1. The Morgan fingerprint density at radius 2 is 1.79 bits per heavy atom. The fourth-order valence-corrected chi connectivity index (χ4v) is 5.58. The van der Waals surface area contributed by atoms with E-state index in [1.807, 2.05) is 18.2 Å². The molecule has 4 fully saturated rings. The number of H-pyrrole nitrogens is 1. The van der Waals surface area contributed by atoms with E-state index in [0.29, 0.717) is 30.7 Å². The van der Waals surface area contributed by atoms with Crippen LogP contribution >= 0.6 is 0 Å². The van der Waals surface area contributed by atoms with Gasteiger partial charge in [-0.3, -0.25) is 4.79 Å². The van der Waals surface area contributed by atoms with Crippen molar-refractivity contribution in [3.63, 3.8) is 0 Å². The number of aromatic amines is 1. The molecule has 0 radical (unpaired) electrons. The number of carbonyl (C=O) groups excluding carboxylic acids is 1. The summed E-state index contributed by atoms with van der Waals surface area (Å²) in [6.07, 6.45) is 0.512. The highest BCUT2D eigenvalue weighted by Gasteiger charge is 2.71. The van der Waals surface area contributed by atoms with E-state index >= 15 is 0 Å². The van der Waals surface area contributed by atoms with Gasteiger partial charge in [-0.15, -0.1) is 0 Å². The van der Waals surface area contributed by atoms with Gasteiger partial charge in [-0.2, -0.15) is 13.2 Å². The third-order valence-corrected chi connectivity index (χ3v) is 7.49. The van der Waals surface area contributed by atoms with Gasteiger partial charge in [0.05, 0.1) is 28.4 Å². The van der Waals surface area contributed by atoms with Crippen molar-refractivity contribution in [1.82, 2.24) is 4.98 Å². The lowest BCUT2D eigenvalue weighted by Gasteiger charge is -2.66. The molecular formula is C25H23F3N2O3. The molecule has 0 saturated heterocycles. The first-order chi connectivity index (χ1) is 15.6. The van der Waals surface area contributed by atoms with Crippen LogP contribution in [-0.2, 0) is 11.0 Å². The molecule has 0 aliphatic heterocycles. The van der Waals surface area contributed by atoms with Gasteiger partial charge >= 0.3 is 6.18 Å². The molecule has 7 rings (SSSR count). The van der Waals surface area contributed by atoms with Gasteiger partial charge in [0.15, 0.2) is 0 Å². The Kier molecular flexibility index (Phi) is 4.22. The summed E-state index contributed by atoms with van der Waals surface area (Å²) in [5.74, 6) is 0.822. The molecule has 0 unspecified atom stereocenters. The number of anilines is 1. The first kappa shape index (κ1) is 20.6. The molecular weight excluding hydrogens is 433 g/mol. The number of halogens is 3. The predicted octanol–water partition coefficient (Wildman–Crippen LogP) is 5.37. The maximum absolute atomic E-state index is 12.7. The quantitative estimate of drug-likeness (QED) is 0.484. The van der Waals surface area contributed by atoms with E-state index in [9.17, 15) is 23.1 Å². The molecule has 2 bridgehead atoms. The molecule has 172 valence electrons. The highest BCUT2D eigenvalue weighted by Crippen LogP contribution is 2.67. The van der Waals surface area contributed by atoms with Crippen LogP contribution in [0.25, 0.3) is 10.9 Å². The maximum Gasteiger partial charge on any atom is 0.416 e. The van der Waals surface area contributed by atoms with Crippen molar-refractivity contribution in [3.05, 3.63) is 59.8 Å². The summed E-state index contributed by atoms with van der Waals surface area (Å²) in [5, 5.41) is 13.8. The van der Waals surface area contributed by atoms with Crippen LogP contribution in [0, 0.1) is 5.41 Å². The molecule has 4 aliphatic carbocycles. The van der Waals surface area contributed by atoms with E-state index in [1.165, 1.54) is 0 Å². The van der Waals surface area contributed by atoms with E-state index in [-0.39, 0.29) is 17.9 Å². The molecule has 33 heavy (non-hydrogen) atoms. The van der Waals surface area contributed by atoms with Gasteiger partial charge in [-0.25, -0.2) is 0 Å². The minimum atomic E-state index is -4.32. The van der Waals surface area contributed by atoms with E-state index in [0.717, 1.165) is 41.4 Å². The standard InChI is InChI=1S/C25H23F3N2O3/c26-25(27,28)16-3-1-14(2-4-16)15-7-18(8-15)33-17-5-6-20-19(9-17)21(10-29-20)30-22(31)23-11-24(32,12-23)13-23/h1-6,9-10,15,18,29,32H,7-8,11-13H2,(H,30,31)/t15-,18+,23?,24?. The number of benzene rings is 2. The van der Waals surface area contributed by atoms with Crippen LogP contribution in [0.2, 0.25) is 0 Å². The van der Waals surface area contributed by atoms with Crippen LogP contribution < -0.4 is 10.1 Å². The third-order valence-electron chi connectivity index (χ3n) is 7.49. The number of fused-ring (bicyclic) bond motifs is 1. The second-order valence-electron chi connectivity index (χ2n) is 9.93. The Labute approximate surface area is 187 Å². The summed E-state index contributed by atoms with van der Waals surface area (Å²) in [6.45, 7) is 0. The number of hydrogen-bond acceptors (Lipinski definition) is 3. The first-order valence-corrected chi connectivity index (χ1v) is 11.1. The van der Waals surface area contributed by atoms with Crippen LogP contribution in [0.15, 0.2) is 48.7 Å². The van der Waals surface area contributed by atoms with Crippen LogP contribution in [0.4, 0.5) is 18.9 Å². The summed E-state index contributed by atoms with van der Waals surface area (Å²) < 4.78 is 44.3. The second kappa shape index (κ2) is 6.76. The topological polar surface area (TPSA) is 74.4 Å². The number of rotatable bonds is 5. The number of hydrogen-bond donors (Lipinski definition) is 3. The second-order valence-corrected chi connectivity index (χ2v) is 9.93. The largest absolute Gasteiger partial charge is 0.490 e. The van der Waals surface area contributed by atoms with Crippen molar-refractivity contribution in [1.29, 1.82) is 0 Å². The van der Waals surface area contributed by atoms with Gasteiger partial charge in [0.2, 0.25) is 5.91 Å². The van der Waals surface area contributed by atoms with Crippen molar-refractivity contribution in [2.24, 2.45) is 5.41 Å². The molecule has 4 aliphatic rings. The fourth-order valence-electron chi connectivity index (χ4n) is 5.58.